The summed E-state index contributed by atoms with van der Waals surface area (Å²) in [4.78, 5) is 22.5. The van der Waals surface area contributed by atoms with E-state index in [4.69, 9.17) is 5.73 Å². The summed E-state index contributed by atoms with van der Waals surface area (Å²) in [6.07, 6.45) is 2.77. The first-order chi connectivity index (χ1) is 7.11. The van der Waals surface area contributed by atoms with Crippen LogP contribution in [0.1, 0.15) is 32.6 Å². The number of rotatable bonds is 8. The third kappa shape index (κ3) is 7.39. The van der Waals surface area contributed by atoms with Crippen LogP contribution in [-0.2, 0) is 9.59 Å². The number of nitrogens with two attached hydrogens (primary N) is 1. The van der Waals surface area contributed by atoms with Crippen LogP contribution in [0.5, 0.6) is 0 Å². The summed E-state index contributed by atoms with van der Waals surface area (Å²) in [5.74, 6) is 0.386. The predicted molar refractivity (Wildman–Crippen MR) is 64.0 cm³/mol. The van der Waals surface area contributed by atoms with Crippen LogP contribution in [0.4, 0.5) is 0 Å². The van der Waals surface area contributed by atoms with E-state index in [0.717, 1.165) is 12.8 Å². The molecule has 1 atom stereocenters. The number of thiol groups is 1. The van der Waals surface area contributed by atoms with E-state index in [-0.39, 0.29) is 17.7 Å². The Balaban J connectivity index is 3.93. The predicted octanol–water partition coefficient (Wildman–Crippen LogP) is 0.509. The van der Waals surface area contributed by atoms with Crippen LogP contribution >= 0.6 is 12.6 Å². The SMILES string of the molecule is CC(=O)C(CCCCN)NC(=O)CCS. The molecule has 0 aromatic heterocycles. The van der Waals surface area contributed by atoms with E-state index >= 15 is 0 Å². The molecule has 0 fully saturated rings. The lowest BCUT2D eigenvalue weighted by molar-refractivity contribution is -0.126. The minimum atomic E-state index is -0.357. The third-order valence-electron chi connectivity index (χ3n) is 2.11. The molecule has 1 amide bonds. The van der Waals surface area contributed by atoms with Gasteiger partial charge in [-0.05, 0) is 38.5 Å². The van der Waals surface area contributed by atoms with Crippen molar-refractivity contribution in [3.63, 3.8) is 0 Å². The molecular formula is C10H20N2O2S. The Morgan fingerprint density at radius 3 is 2.53 bits per heavy atom. The highest BCUT2D eigenvalue weighted by molar-refractivity contribution is 7.80. The van der Waals surface area contributed by atoms with Crippen LogP contribution in [0.25, 0.3) is 0 Å². The maximum Gasteiger partial charge on any atom is 0.221 e. The van der Waals surface area contributed by atoms with Gasteiger partial charge in [0.1, 0.15) is 0 Å². The van der Waals surface area contributed by atoms with Gasteiger partial charge in [0.25, 0.3) is 0 Å². The summed E-state index contributed by atoms with van der Waals surface area (Å²) in [6.45, 7) is 2.11. The molecule has 88 valence electrons. The Kier molecular flexibility index (Phi) is 8.41. The molecule has 0 spiro atoms. The Bertz CT molecular complexity index is 210. The smallest absolute Gasteiger partial charge is 0.221 e. The Morgan fingerprint density at radius 1 is 1.40 bits per heavy atom. The highest BCUT2D eigenvalue weighted by Gasteiger charge is 2.15. The molecule has 0 radical (unpaired) electrons. The molecule has 4 nitrogen and oxygen atoms in total. The molecule has 0 saturated carbocycles. The molecule has 5 heteroatoms. The first kappa shape index (κ1) is 14.5. The van der Waals surface area contributed by atoms with Gasteiger partial charge in [0, 0.05) is 6.42 Å². The zero-order valence-electron chi connectivity index (χ0n) is 9.16. The lowest BCUT2D eigenvalue weighted by Gasteiger charge is -2.15. The summed E-state index contributed by atoms with van der Waals surface area (Å²) in [6, 6.07) is -0.357. The maximum absolute atomic E-state index is 11.3. The summed E-state index contributed by atoms with van der Waals surface area (Å²) in [7, 11) is 0. The maximum atomic E-state index is 11.3. The summed E-state index contributed by atoms with van der Waals surface area (Å²) < 4.78 is 0. The fourth-order valence-corrected chi connectivity index (χ4v) is 1.44. The molecule has 0 aliphatic rings. The number of hydrogen-bond donors (Lipinski definition) is 3. The van der Waals surface area contributed by atoms with Crippen molar-refractivity contribution in [2.45, 2.75) is 38.6 Å². The van der Waals surface area contributed by atoms with Gasteiger partial charge in [-0.2, -0.15) is 12.6 Å². The fourth-order valence-electron chi connectivity index (χ4n) is 1.24. The molecule has 0 saturated heterocycles. The van der Waals surface area contributed by atoms with Gasteiger partial charge < -0.3 is 11.1 Å². The molecule has 0 rings (SSSR count). The van der Waals surface area contributed by atoms with Gasteiger partial charge in [-0.1, -0.05) is 0 Å². The number of carbonyl (C=O) groups is 2. The first-order valence-corrected chi connectivity index (χ1v) is 5.85. The fraction of sp³-hybridized carbons (Fsp3) is 0.800. The van der Waals surface area contributed by atoms with Crippen LogP contribution in [0.2, 0.25) is 0 Å². The molecule has 0 bridgehead atoms. The second kappa shape index (κ2) is 8.73. The molecule has 0 heterocycles. The average Bonchev–Trinajstić information content (AvgIpc) is 2.16. The largest absolute Gasteiger partial charge is 0.346 e. The lowest BCUT2D eigenvalue weighted by Crippen LogP contribution is -2.39. The normalized spacial score (nSPS) is 12.2. The minimum absolute atomic E-state index is 0.000430. The molecule has 0 aromatic carbocycles. The molecular weight excluding hydrogens is 212 g/mol. The van der Waals surface area contributed by atoms with Crippen molar-refractivity contribution in [2.75, 3.05) is 12.3 Å². The highest BCUT2D eigenvalue weighted by Crippen LogP contribution is 2.02. The van der Waals surface area contributed by atoms with Crippen molar-refractivity contribution in [3.05, 3.63) is 0 Å². The molecule has 0 aromatic rings. The molecule has 0 aliphatic heterocycles. The number of unbranched alkanes of at least 4 members (excludes halogenated alkanes) is 1. The van der Waals surface area contributed by atoms with Crippen molar-refractivity contribution in [3.8, 4) is 0 Å². The van der Waals surface area contributed by atoms with Crippen molar-refractivity contribution in [1.82, 2.24) is 5.32 Å². The monoisotopic (exact) mass is 232 g/mol. The molecule has 3 N–H and O–H groups in total. The van der Waals surface area contributed by atoms with Gasteiger partial charge in [0.05, 0.1) is 6.04 Å². The van der Waals surface area contributed by atoms with E-state index in [1.807, 2.05) is 0 Å². The number of amides is 1. The van der Waals surface area contributed by atoms with E-state index < -0.39 is 0 Å². The van der Waals surface area contributed by atoms with Gasteiger partial charge >= 0.3 is 0 Å². The van der Waals surface area contributed by atoms with Crippen LogP contribution < -0.4 is 11.1 Å². The van der Waals surface area contributed by atoms with E-state index in [9.17, 15) is 9.59 Å². The van der Waals surface area contributed by atoms with E-state index in [2.05, 4.69) is 17.9 Å². The van der Waals surface area contributed by atoms with E-state index in [0.29, 0.717) is 25.1 Å². The summed E-state index contributed by atoms with van der Waals surface area (Å²) >= 11 is 3.96. The van der Waals surface area contributed by atoms with Gasteiger partial charge in [-0.25, -0.2) is 0 Å². The summed E-state index contributed by atoms with van der Waals surface area (Å²) in [5.41, 5.74) is 5.36. The minimum Gasteiger partial charge on any atom is -0.346 e. The zero-order valence-corrected chi connectivity index (χ0v) is 10.1. The van der Waals surface area contributed by atoms with E-state index in [1.54, 1.807) is 0 Å². The Hall–Kier alpha value is -0.550. The van der Waals surface area contributed by atoms with E-state index in [1.165, 1.54) is 6.92 Å². The molecule has 15 heavy (non-hydrogen) atoms. The highest BCUT2D eigenvalue weighted by atomic mass is 32.1. The number of Topliss-reactive ketones (excluding diaryl/α,β-unsaturated/α-hetero) is 1. The van der Waals surface area contributed by atoms with Crippen LogP contribution in [0, 0.1) is 0 Å². The average molecular weight is 232 g/mol. The zero-order chi connectivity index (χ0) is 11.7. The number of ketones is 1. The van der Waals surface area contributed by atoms with Crippen molar-refractivity contribution in [1.29, 1.82) is 0 Å². The topological polar surface area (TPSA) is 72.2 Å². The van der Waals surface area contributed by atoms with Gasteiger partial charge in [0.15, 0.2) is 5.78 Å². The van der Waals surface area contributed by atoms with Gasteiger partial charge in [-0.3, -0.25) is 9.59 Å². The standard InChI is InChI=1S/C10H20N2O2S/c1-8(13)9(4-2-3-6-11)12-10(14)5-7-15/h9,15H,2-7,11H2,1H3,(H,12,14). The van der Waals surface area contributed by atoms with Gasteiger partial charge in [0.2, 0.25) is 5.91 Å². The molecule has 1 unspecified atom stereocenters. The van der Waals surface area contributed by atoms with Crippen molar-refractivity contribution >= 4 is 24.3 Å². The number of hydrogen-bond acceptors (Lipinski definition) is 4. The van der Waals surface area contributed by atoms with Crippen molar-refractivity contribution < 1.29 is 9.59 Å². The third-order valence-corrected chi connectivity index (χ3v) is 2.34. The lowest BCUT2D eigenvalue weighted by atomic mass is 10.1. The first-order valence-electron chi connectivity index (χ1n) is 5.22. The van der Waals surface area contributed by atoms with Crippen LogP contribution in [0.3, 0.4) is 0 Å². The van der Waals surface area contributed by atoms with Crippen LogP contribution in [-0.4, -0.2) is 30.0 Å². The second-order valence-electron chi connectivity index (χ2n) is 3.49. The number of carbonyl (C=O) groups excluding carboxylic acids is 2. The Labute approximate surface area is 96.4 Å². The Morgan fingerprint density at radius 2 is 2.07 bits per heavy atom. The molecule has 0 aliphatic carbocycles. The van der Waals surface area contributed by atoms with Gasteiger partial charge in [-0.15, -0.1) is 0 Å². The summed E-state index contributed by atoms with van der Waals surface area (Å²) in [5, 5.41) is 2.70. The number of nitrogens with one attached hydrogen (secondary N) is 1. The van der Waals surface area contributed by atoms with Crippen LogP contribution in [0.15, 0.2) is 0 Å². The second-order valence-corrected chi connectivity index (χ2v) is 3.94. The quantitative estimate of drug-likeness (QED) is 0.422. The van der Waals surface area contributed by atoms with Crippen molar-refractivity contribution in [2.24, 2.45) is 5.73 Å².